The van der Waals surface area contributed by atoms with Crippen LogP contribution in [0.25, 0.3) is 0 Å². The van der Waals surface area contributed by atoms with E-state index in [2.05, 4.69) is 5.32 Å². The van der Waals surface area contributed by atoms with Crippen LogP contribution in [-0.2, 0) is 9.59 Å². The van der Waals surface area contributed by atoms with Gasteiger partial charge in [-0.3, -0.25) is 4.79 Å². The molecule has 2 aliphatic rings. The molecule has 1 aromatic carbocycles. The van der Waals surface area contributed by atoms with Crippen molar-refractivity contribution in [2.75, 3.05) is 0 Å². The maximum absolute atomic E-state index is 13.7. The lowest BCUT2D eigenvalue weighted by Crippen LogP contribution is -2.54. The number of aliphatic carboxylic acids is 1. The molecule has 2 N–H and O–H groups in total. The summed E-state index contributed by atoms with van der Waals surface area (Å²) in [6.45, 7) is 1.51. The molecule has 0 aliphatic heterocycles. The number of hydrogen-bond acceptors (Lipinski definition) is 2. The van der Waals surface area contributed by atoms with Gasteiger partial charge in [0, 0.05) is 5.92 Å². The largest absolute Gasteiger partial charge is 0.480 e. The van der Waals surface area contributed by atoms with E-state index in [1.165, 1.54) is 19.1 Å². The van der Waals surface area contributed by atoms with E-state index in [9.17, 15) is 23.5 Å². The van der Waals surface area contributed by atoms with Gasteiger partial charge < -0.3 is 10.4 Å². The van der Waals surface area contributed by atoms with Crippen molar-refractivity contribution >= 4 is 11.9 Å². The fraction of sp³-hybridized carbons (Fsp3) is 0.500. The van der Waals surface area contributed by atoms with E-state index in [1.54, 1.807) is 0 Å². The fourth-order valence-corrected chi connectivity index (χ4v) is 2.97. The summed E-state index contributed by atoms with van der Waals surface area (Å²) in [5.41, 5.74) is -1.09. The second-order valence-corrected chi connectivity index (χ2v) is 6.36. The highest BCUT2D eigenvalue weighted by Crippen LogP contribution is 2.49. The number of benzene rings is 1. The van der Waals surface area contributed by atoms with Gasteiger partial charge in [-0.25, -0.2) is 13.6 Å². The zero-order chi connectivity index (χ0) is 16.1. The van der Waals surface area contributed by atoms with E-state index in [1.807, 2.05) is 0 Å². The molecule has 3 atom stereocenters. The van der Waals surface area contributed by atoms with Gasteiger partial charge in [-0.1, -0.05) is 12.1 Å². The Balaban J connectivity index is 1.70. The molecule has 0 aromatic heterocycles. The van der Waals surface area contributed by atoms with Gasteiger partial charge in [-0.15, -0.1) is 0 Å². The first-order valence-corrected chi connectivity index (χ1v) is 7.34. The van der Waals surface area contributed by atoms with Crippen LogP contribution in [-0.4, -0.2) is 22.5 Å². The molecule has 0 spiro atoms. The van der Waals surface area contributed by atoms with E-state index in [-0.39, 0.29) is 17.4 Å². The first kappa shape index (κ1) is 14.9. The molecule has 22 heavy (non-hydrogen) atoms. The molecular formula is C16H17F2NO3. The van der Waals surface area contributed by atoms with E-state index < -0.39 is 35.0 Å². The number of rotatable bonds is 5. The van der Waals surface area contributed by atoms with Gasteiger partial charge in [0.25, 0.3) is 0 Å². The quantitative estimate of drug-likeness (QED) is 0.878. The molecule has 1 aromatic rings. The second kappa shape index (κ2) is 5.04. The molecular weight excluding hydrogens is 292 g/mol. The number of nitrogens with one attached hydrogen (secondary N) is 1. The monoisotopic (exact) mass is 309 g/mol. The normalized spacial score (nSPS) is 26.1. The Morgan fingerprint density at radius 1 is 1.32 bits per heavy atom. The summed E-state index contributed by atoms with van der Waals surface area (Å²) in [5, 5.41) is 11.9. The van der Waals surface area contributed by atoms with Crippen LogP contribution < -0.4 is 5.32 Å². The molecule has 6 heteroatoms. The third-order valence-corrected chi connectivity index (χ3v) is 4.73. The van der Waals surface area contributed by atoms with Crippen molar-refractivity contribution in [3.63, 3.8) is 0 Å². The smallest absolute Gasteiger partial charge is 0.329 e. The Morgan fingerprint density at radius 3 is 2.59 bits per heavy atom. The minimum Gasteiger partial charge on any atom is -0.480 e. The number of amides is 1. The van der Waals surface area contributed by atoms with Crippen LogP contribution in [0.3, 0.4) is 0 Å². The first-order chi connectivity index (χ1) is 10.3. The number of carbonyl (C=O) groups is 2. The minimum absolute atomic E-state index is 0.0583. The van der Waals surface area contributed by atoms with E-state index >= 15 is 0 Å². The maximum atomic E-state index is 13.7. The van der Waals surface area contributed by atoms with Gasteiger partial charge in [0.2, 0.25) is 5.91 Å². The third-order valence-electron chi connectivity index (χ3n) is 4.73. The van der Waals surface area contributed by atoms with Crippen LogP contribution in [0.1, 0.15) is 37.7 Å². The van der Waals surface area contributed by atoms with Crippen LogP contribution in [0.5, 0.6) is 0 Å². The Morgan fingerprint density at radius 2 is 2.00 bits per heavy atom. The van der Waals surface area contributed by atoms with Crippen molar-refractivity contribution in [3.8, 4) is 0 Å². The maximum Gasteiger partial charge on any atom is 0.329 e. The van der Waals surface area contributed by atoms with Gasteiger partial charge in [-0.05, 0) is 49.7 Å². The van der Waals surface area contributed by atoms with E-state index in [0.29, 0.717) is 6.42 Å². The van der Waals surface area contributed by atoms with Crippen molar-refractivity contribution in [2.45, 2.75) is 37.6 Å². The molecule has 118 valence electrons. The number of carboxylic acids is 1. The lowest BCUT2D eigenvalue weighted by Gasteiger charge is -2.26. The zero-order valence-corrected chi connectivity index (χ0v) is 12.1. The van der Waals surface area contributed by atoms with Gasteiger partial charge in [0.1, 0.15) is 5.54 Å². The van der Waals surface area contributed by atoms with Crippen LogP contribution in [0.2, 0.25) is 0 Å². The van der Waals surface area contributed by atoms with Crippen LogP contribution in [0, 0.1) is 23.5 Å². The standard InChI is InChI=1S/C16H17F2NO3/c1-16(15(21)22,8-5-6-8)19-14(20)11-7-10(11)9-3-2-4-12(17)13(9)18/h2-4,8,10-11H,5-7H2,1H3,(H,19,20)(H,21,22)/t10-,11+,16+/m0/s1. The Kier molecular flexibility index (Phi) is 3.42. The summed E-state index contributed by atoms with van der Waals surface area (Å²) >= 11 is 0. The van der Waals surface area contributed by atoms with Crippen LogP contribution >= 0.6 is 0 Å². The number of halogens is 2. The lowest BCUT2D eigenvalue weighted by molar-refractivity contribution is -0.148. The SMILES string of the molecule is C[C@](NC(=O)[C@@H]1C[C@H]1c1cccc(F)c1F)(C(=O)O)C1CC1. The molecule has 2 aliphatic carbocycles. The topological polar surface area (TPSA) is 66.4 Å². The molecule has 0 radical (unpaired) electrons. The zero-order valence-electron chi connectivity index (χ0n) is 12.1. The molecule has 2 fully saturated rings. The lowest BCUT2D eigenvalue weighted by atomic mass is 9.95. The Hall–Kier alpha value is -1.98. The van der Waals surface area contributed by atoms with Gasteiger partial charge in [-0.2, -0.15) is 0 Å². The summed E-state index contributed by atoms with van der Waals surface area (Å²) < 4.78 is 27.0. The summed E-state index contributed by atoms with van der Waals surface area (Å²) in [5.74, 6) is -4.25. The van der Waals surface area contributed by atoms with Crippen molar-refractivity contribution in [3.05, 3.63) is 35.4 Å². The van der Waals surface area contributed by atoms with Crippen LogP contribution in [0.4, 0.5) is 8.78 Å². The van der Waals surface area contributed by atoms with Gasteiger partial charge in [0.15, 0.2) is 11.6 Å². The average Bonchev–Trinajstić information content (AvgIpc) is 3.34. The third kappa shape index (κ3) is 2.46. The van der Waals surface area contributed by atoms with Crippen molar-refractivity contribution in [1.82, 2.24) is 5.32 Å². The molecule has 0 heterocycles. The highest BCUT2D eigenvalue weighted by molar-refractivity contribution is 5.90. The summed E-state index contributed by atoms with van der Waals surface area (Å²) in [6.07, 6.45) is 1.96. The molecule has 0 saturated heterocycles. The second-order valence-electron chi connectivity index (χ2n) is 6.36. The van der Waals surface area contributed by atoms with E-state index in [0.717, 1.165) is 18.9 Å². The number of carboxylic acid groups (broad SMARTS) is 1. The highest BCUT2D eigenvalue weighted by Gasteiger charge is 2.52. The van der Waals surface area contributed by atoms with Crippen molar-refractivity contribution in [2.24, 2.45) is 11.8 Å². The minimum atomic E-state index is -1.27. The predicted molar refractivity (Wildman–Crippen MR) is 74.1 cm³/mol. The fourth-order valence-electron chi connectivity index (χ4n) is 2.97. The molecule has 2 saturated carbocycles. The first-order valence-electron chi connectivity index (χ1n) is 7.34. The Labute approximate surface area is 126 Å². The van der Waals surface area contributed by atoms with Crippen molar-refractivity contribution < 1.29 is 23.5 Å². The summed E-state index contributed by atoms with van der Waals surface area (Å²) in [4.78, 5) is 23.7. The summed E-state index contributed by atoms with van der Waals surface area (Å²) in [7, 11) is 0. The molecule has 4 nitrogen and oxygen atoms in total. The number of hydrogen-bond donors (Lipinski definition) is 2. The summed E-state index contributed by atoms with van der Waals surface area (Å²) in [6, 6.07) is 3.91. The average molecular weight is 309 g/mol. The van der Waals surface area contributed by atoms with E-state index in [4.69, 9.17) is 0 Å². The highest BCUT2D eigenvalue weighted by atomic mass is 19.2. The molecule has 0 bridgehead atoms. The Bertz CT molecular complexity index is 644. The predicted octanol–water partition coefficient (Wildman–Crippen LogP) is 2.44. The molecule has 0 unspecified atom stereocenters. The van der Waals surface area contributed by atoms with Crippen molar-refractivity contribution in [1.29, 1.82) is 0 Å². The number of carbonyl (C=O) groups excluding carboxylic acids is 1. The van der Waals surface area contributed by atoms with Gasteiger partial charge in [0.05, 0.1) is 0 Å². The van der Waals surface area contributed by atoms with Crippen LogP contribution in [0.15, 0.2) is 18.2 Å². The molecule has 1 amide bonds. The van der Waals surface area contributed by atoms with Gasteiger partial charge >= 0.3 is 5.97 Å². The molecule has 3 rings (SSSR count).